The molecule has 16 heteroatoms. The molecule has 0 radical (unpaired) electrons. The first-order chi connectivity index (χ1) is 33.1. The third kappa shape index (κ3) is 14.9. The van der Waals surface area contributed by atoms with Crippen molar-refractivity contribution in [2.45, 2.75) is 178 Å². The number of nitro benzene ring substituents is 1. The van der Waals surface area contributed by atoms with Crippen LogP contribution in [0.3, 0.4) is 0 Å². The summed E-state index contributed by atoms with van der Waals surface area (Å²) in [6.07, 6.45) is 5.73. The number of para-hydroxylation sites is 1. The second-order valence-corrected chi connectivity index (χ2v) is 33.6. The summed E-state index contributed by atoms with van der Waals surface area (Å²) >= 11 is 0. The van der Waals surface area contributed by atoms with E-state index in [1.807, 2.05) is 54.6 Å². The minimum Gasteiger partial charge on any atom is -0.489 e. The van der Waals surface area contributed by atoms with E-state index in [0.717, 1.165) is 16.9 Å². The van der Waals surface area contributed by atoms with Gasteiger partial charge >= 0.3 is 0 Å². The van der Waals surface area contributed by atoms with E-state index in [9.17, 15) is 23.3 Å². The Hall–Kier alpha value is -4.20. The molecule has 0 unspecified atom stereocenters. The van der Waals surface area contributed by atoms with E-state index in [2.05, 4.69) is 88.4 Å². The highest BCUT2D eigenvalue weighted by atomic mass is 32.2. The molecular formula is C54H84N4O9SSi2. The molecule has 3 aromatic carbocycles. The maximum Gasteiger partial charge on any atom is 0.289 e. The van der Waals surface area contributed by atoms with E-state index in [4.69, 9.17) is 13.6 Å². The lowest BCUT2D eigenvalue weighted by molar-refractivity contribution is -0.387. The number of nitrogens with one attached hydrogen (secondary N) is 1. The van der Waals surface area contributed by atoms with Crippen LogP contribution in [-0.2, 0) is 41.5 Å². The van der Waals surface area contributed by atoms with Gasteiger partial charge in [-0.15, -0.1) is 0 Å². The number of sulfonamides is 1. The lowest BCUT2D eigenvalue weighted by Gasteiger charge is -2.42. The molecule has 0 spiro atoms. The van der Waals surface area contributed by atoms with Crippen molar-refractivity contribution >= 4 is 44.2 Å². The van der Waals surface area contributed by atoms with Crippen LogP contribution in [0, 0.1) is 10.1 Å². The fraction of sp³-hybridized carbons (Fsp3) is 0.593. The van der Waals surface area contributed by atoms with Crippen LogP contribution in [0.25, 0.3) is 0 Å². The molecule has 0 saturated carbocycles. The van der Waals surface area contributed by atoms with Crippen LogP contribution in [0.4, 0.5) is 5.69 Å². The van der Waals surface area contributed by atoms with Crippen LogP contribution in [0.2, 0.25) is 33.2 Å². The number of carbonyl (C=O) groups excluding carboxylic acids is 2. The van der Waals surface area contributed by atoms with Crippen molar-refractivity contribution in [3.8, 4) is 5.75 Å². The van der Waals surface area contributed by atoms with Gasteiger partial charge in [-0.25, -0.2) is 8.42 Å². The van der Waals surface area contributed by atoms with Crippen molar-refractivity contribution in [3.63, 3.8) is 0 Å². The van der Waals surface area contributed by atoms with E-state index < -0.39 is 54.2 Å². The summed E-state index contributed by atoms with van der Waals surface area (Å²) in [6, 6.07) is 21.4. The summed E-state index contributed by atoms with van der Waals surface area (Å²) in [5.74, 6) is 0.124. The Morgan fingerprint density at radius 3 is 1.77 bits per heavy atom. The van der Waals surface area contributed by atoms with Gasteiger partial charge in [0.25, 0.3) is 5.69 Å². The van der Waals surface area contributed by atoms with E-state index in [1.165, 1.54) is 28.6 Å². The Kier molecular flexibility index (Phi) is 22.5. The number of hydrogen-bond donors (Lipinski definition) is 1. The fourth-order valence-corrected chi connectivity index (χ4v) is 23.8. The molecule has 70 heavy (non-hydrogen) atoms. The SMILES string of the molecule is CC(C)[Si](OCCC[C@@H]1CN(S(=O)(=O)c2ccccc2[N+](=O)[O-])C/C=C/CN(C(=O)CCc2ccc(OCc3ccccc3)cc2)[C@H](CCCO[Si](C(C)C)(C(C)C)C(C)C)C(=O)N1)(C(C)C)C(C)C. The van der Waals surface area contributed by atoms with Crippen molar-refractivity contribution in [2.75, 3.05) is 32.8 Å². The number of nitrogens with zero attached hydrogens (tertiary/aromatic N) is 3. The van der Waals surface area contributed by atoms with Gasteiger partial charge in [-0.05, 0) is 94.7 Å². The maximum absolute atomic E-state index is 15.0. The molecule has 0 fully saturated rings. The second-order valence-electron chi connectivity index (χ2n) is 20.8. The van der Waals surface area contributed by atoms with Gasteiger partial charge in [0.15, 0.2) is 21.5 Å². The fourth-order valence-electron chi connectivity index (χ4n) is 11.2. The van der Waals surface area contributed by atoms with Crippen molar-refractivity contribution in [2.24, 2.45) is 0 Å². The lowest BCUT2D eigenvalue weighted by atomic mass is 10.0. The largest absolute Gasteiger partial charge is 0.489 e. The molecule has 2 amide bonds. The normalized spacial score (nSPS) is 17.4. The molecular weight excluding hydrogens is 937 g/mol. The number of aryl methyl sites for hydroxylation is 1. The Bertz CT molecular complexity index is 2210. The molecule has 1 aliphatic rings. The molecule has 388 valence electrons. The Morgan fingerprint density at radius 2 is 1.23 bits per heavy atom. The van der Waals surface area contributed by atoms with Crippen LogP contribution < -0.4 is 10.1 Å². The summed E-state index contributed by atoms with van der Waals surface area (Å²) in [5, 5.41) is 15.4. The summed E-state index contributed by atoms with van der Waals surface area (Å²) in [7, 11) is -8.92. The standard InChI is InChI=1S/C54H84N4O9SSi2/c1-40(2)69(41(3)4,42(5)6)66-36-20-24-48-38-56(68(63,64)52-27-17-16-25-50(52)58(61)62)34-18-19-35-57(51(54(60)55-48)26-21-37-67-70(43(7)8,44(9)10)45(11)12)53(59)33-30-46-28-31-49(32-29-46)65-39-47-22-14-13-15-23-47/h13-19,22-23,25,27-29,31-32,40-45,48,51H,20-21,24,26,30,33-39H2,1-12H3,(H,55,60)/b19-18+/t48-,51-/m1/s1. The molecule has 0 bridgehead atoms. The Labute approximate surface area is 422 Å². The Morgan fingerprint density at radius 1 is 0.714 bits per heavy atom. The Balaban J connectivity index is 1.69. The van der Waals surface area contributed by atoms with Crippen LogP contribution in [0.15, 0.2) is 95.9 Å². The monoisotopic (exact) mass is 1020 g/mol. The average Bonchev–Trinajstić information content (AvgIpc) is 3.33. The highest BCUT2D eigenvalue weighted by molar-refractivity contribution is 7.89. The zero-order valence-electron chi connectivity index (χ0n) is 44.2. The summed E-state index contributed by atoms with van der Waals surface area (Å²) in [5.41, 5.74) is 3.67. The average molecular weight is 1020 g/mol. The number of amides is 2. The lowest BCUT2D eigenvalue weighted by Crippen LogP contribution is -2.54. The topological polar surface area (TPSA) is 158 Å². The summed E-state index contributed by atoms with van der Waals surface area (Å²) in [6.45, 7) is 27.9. The third-order valence-corrected chi connectivity index (χ3v) is 28.6. The minimum atomic E-state index is -4.45. The molecule has 3 aromatic rings. The highest BCUT2D eigenvalue weighted by Crippen LogP contribution is 2.43. The predicted molar refractivity (Wildman–Crippen MR) is 286 cm³/mol. The van der Waals surface area contributed by atoms with Crippen LogP contribution in [-0.4, -0.2) is 95.9 Å². The van der Waals surface area contributed by atoms with Gasteiger partial charge in [0.1, 0.15) is 18.4 Å². The molecule has 1 N–H and O–H groups in total. The molecule has 2 atom stereocenters. The maximum atomic E-state index is 15.0. The van der Waals surface area contributed by atoms with Gasteiger partial charge in [0.05, 0.1) is 4.92 Å². The predicted octanol–water partition coefficient (Wildman–Crippen LogP) is 12.0. The van der Waals surface area contributed by atoms with E-state index in [0.29, 0.717) is 85.2 Å². The van der Waals surface area contributed by atoms with Crippen LogP contribution >= 0.6 is 0 Å². The van der Waals surface area contributed by atoms with Gasteiger partial charge in [-0.3, -0.25) is 19.7 Å². The van der Waals surface area contributed by atoms with E-state index >= 15 is 4.79 Å². The summed E-state index contributed by atoms with van der Waals surface area (Å²) in [4.78, 5) is 42.3. The number of carbonyl (C=O) groups is 2. The van der Waals surface area contributed by atoms with Crippen molar-refractivity contribution in [1.29, 1.82) is 0 Å². The van der Waals surface area contributed by atoms with Gasteiger partial charge < -0.3 is 23.8 Å². The minimum absolute atomic E-state index is 0.0525. The summed E-state index contributed by atoms with van der Waals surface area (Å²) < 4.78 is 50.1. The van der Waals surface area contributed by atoms with Gasteiger partial charge in [0, 0.05) is 51.4 Å². The molecule has 4 rings (SSSR count). The van der Waals surface area contributed by atoms with Crippen molar-refractivity contribution < 1.29 is 36.5 Å². The smallest absolute Gasteiger partial charge is 0.289 e. The first kappa shape index (κ1) is 58.4. The number of benzene rings is 3. The number of rotatable bonds is 25. The molecule has 1 aliphatic heterocycles. The molecule has 0 aromatic heterocycles. The van der Waals surface area contributed by atoms with E-state index in [-0.39, 0.29) is 37.9 Å². The number of ether oxygens (including phenoxy) is 1. The zero-order chi connectivity index (χ0) is 51.8. The van der Waals surface area contributed by atoms with Gasteiger partial charge in [-0.2, -0.15) is 4.31 Å². The quantitative estimate of drug-likeness (QED) is 0.0287. The van der Waals surface area contributed by atoms with Crippen molar-refractivity contribution in [3.05, 3.63) is 112 Å². The zero-order valence-corrected chi connectivity index (χ0v) is 47.0. The molecule has 1 heterocycles. The second kappa shape index (κ2) is 27.0. The molecule has 0 saturated heterocycles. The van der Waals surface area contributed by atoms with Crippen LogP contribution in [0.1, 0.15) is 126 Å². The van der Waals surface area contributed by atoms with Crippen molar-refractivity contribution in [1.82, 2.24) is 14.5 Å². The molecule has 0 aliphatic carbocycles. The van der Waals surface area contributed by atoms with E-state index in [1.54, 1.807) is 17.1 Å². The molecule has 13 nitrogen and oxygen atoms in total. The highest BCUT2D eigenvalue weighted by Gasteiger charge is 2.46. The number of nitro groups is 1. The first-order valence-electron chi connectivity index (χ1n) is 25.6. The third-order valence-electron chi connectivity index (χ3n) is 14.5. The first-order valence-corrected chi connectivity index (χ1v) is 31.3. The van der Waals surface area contributed by atoms with Gasteiger partial charge in [0.2, 0.25) is 21.8 Å². The van der Waals surface area contributed by atoms with Gasteiger partial charge in [-0.1, -0.05) is 150 Å². The van der Waals surface area contributed by atoms with Crippen LogP contribution in [0.5, 0.6) is 5.75 Å². The number of hydrogen-bond acceptors (Lipinski definition) is 9.